The zero-order chi connectivity index (χ0) is 20.1. The topological polar surface area (TPSA) is 46.3 Å². The van der Waals surface area contributed by atoms with E-state index in [1.54, 1.807) is 35.4 Å². The minimum absolute atomic E-state index is 0.0758. The lowest BCUT2D eigenvalue weighted by molar-refractivity contribution is -0.131. The summed E-state index contributed by atoms with van der Waals surface area (Å²) >= 11 is 9.23. The van der Waals surface area contributed by atoms with E-state index < -0.39 is 0 Å². The molecule has 0 aliphatic heterocycles. The minimum atomic E-state index is -0.324. The van der Waals surface area contributed by atoms with Gasteiger partial charge in [0.2, 0.25) is 5.91 Å². The van der Waals surface area contributed by atoms with Crippen molar-refractivity contribution in [3.05, 3.63) is 75.4 Å². The van der Waals surface area contributed by atoms with E-state index in [2.05, 4.69) is 20.9 Å². The van der Waals surface area contributed by atoms with Crippen LogP contribution in [0.5, 0.6) is 0 Å². The van der Waals surface area contributed by atoms with E-state index in [1.165, 1.54) is 6.07 Å². The largest absolute Gasteiger partial charge is 0.441 e. The van der Waals surface area contributed by atoms with E-state index >= 15 is 0 Å². The molecule has 0 unspecified atom stereocenters. The van der Waals surface area contributed by atoms with Crippen LogP contribution in [0.25, 0.3) is 11.3 Å². The SMILES string of the molecule is CCN(Cc1cc(Br)ccc1F)C(=O)CCc1ncc(-c2ccc(Cl)cc2)o1. The van der Waals surface area contributed by atoms with Crippen LogP contribution in [0.4, 0.5) is 4.39 Å². The summed E-state index contributed by atoms with van der Waals surface area (Å²) in [5.74, 6) is 0.716. The number of aromatic nitrogens is 1. The van der Waals surface area contributed by atoms with Crippen LogP contribution in [-0.2, 0) is 17.8 Å². The van der Waals surface area contributed by atoms with Gasteiger partial charge in [0.15, 0.2) is 11.7 Å². The van der Waals surface area contributed by atoms with Crippen molar-refractivity contribution in [1.82, 2.24) is 9.88 Å². The Labute approximate surface area is 176 Å². The Morgan fingerprint density at radius 3 is 2.71 bits per heavy atom. The third-order valence-electron chi connectivity index (χ3n) is 4.34. The Kier molecular flexibility index (Phi) is 6.86. The first-order valence-corrected chi connectivity index (χ1v) is 10.1. The highest BCUT2D eigenvalue weighted by Crippen LogP contribution is 2.23. The van der Waals surface area contributed by atoms with Crippen molar-refractivity contribution in [3.63, 3.8) is 0 Å². The van der Waals surface area contributed by atoms with Gasteiger partial charge in [0.25, 0.3) is 0 Å². The van der Waals surface area contributed by atoms with Crippen molar-refractivity contribution in [2.45, 2.75) is 26.3 Å². The van der Waals surface area contributed by atoms with Crippen LogP contribution in [0.2, 0.25) is 5.02 Å². The highest BCUT2D eigenvalue weighted by molar-refractivity contribution is 9.10. The predicted molar refractivity (Wildman–Crippen MR) is 110 cm³/mol. The number of carbonyl (C=O) groups excluding carboxylic acids is 1. The normalized spacial score (nSPS) is 10.9. The van der Waals surface area contributed by atoms with Gasteiger partial charge in [-0.2, -0.15) is 0 Å². The van der Waals surface area contributed by atoms with Crippen LogP contribution in [0, 0.1) is 5.82 Å². The number of carbonyl (C=O) groups is 1. The second-order valence-electron chi connectivity index (χ2n) is 6.27. The minimum Gasteiger partial charge on any atom is -0.441 e. The number of aryl methyl sites for hydroxylation is 1. The molecule has 0 aliphatic rings. The monoisotopic (exact) mass is 464 g/mol. The average molecular weight is 466 g/mol. The molecule has 0 radical (unpaired) electrons. The van der Waals surface area contributed by atoms with Gasteiger partial charge in [-0.3, -0.25) is 4.79 Å². The lowest BCUT2D eigenvalue weighted by Gasteiger charge is -2.21. The first-order chi connectivity index (χ1) is 13.5. The molecule has 2 aromatic carbocycles. The standard InChI is InChI=1S/C21H19BrClFN2O2/c1-2-26(13-15-11-16(22)5-8-18(15)24)21(27)10-9-20-25-12-19(28-20)14-3-6-17(23)7-4-14/h3-8,11-12H,2,9-10,13H2,1H3. The number of hydrogen-bond acceptors (Lipinski definition) is 3. The zero-order valence-electron chi connectivity index (χ0n) is 15.3. The summed E-state index contributed by atoms with van der Waals surface area (Å²) in [4.78, 5) is 18.4. The first kappa shape index (κ1) is 20.6. The summed E-state index contributed by atoms with van der Waals surface area (Å²) in [6.07, 6.45) is 2.26. The van der Waals surface area contributed by atoms with Crippen LogP contribution in [0.15, 0.2) is 57.6 Å². The van der Waals surface area contributed by atoms with E-state index in [0.717, 1.165) is 10.0 Å². The molecule has 1 amide bonds. The molecule has 1 aromatic heterocycles. The molecule has 0 saturated carbocycles. The molecule has 0 atom stereocenters. The molecule has 0 spiro atoms. The molecule has 3 rings (SSSR count). The average Bonchev–Trinajstić information content (AvgIpc) is 3.16. The maximum Gasteiger partial charge on any atom is 0.223 e. The van der Waals surface area contributed by atoms with Gasteiger partial charge in [-0.05, 0) is 49.4 Å². The number of halogens is 3. The second kappa shape index (κ2) is 9.34. The number of rotatable bonds is 7. The van der Waals surface area contributed by atoms with E-state index in [4.69, 9.17) is 16.0 Å². The summed E-state index contributed by atoms with van der Waals surface area (Å²) in [6.45, 7) is 2.59. The maximum atomic E-state index is 14.0. The number of hydrogen-bond donors (Lipinski definition) is 0. The highest BCUT2D eigenvalue weighted by atomic mass is 79.9. The van der Waals surface area contributed by atoms with Crippen molar-refractivity contribution in [1.29, 1.82) is 0 Å². The lowest BCUT2D eigenvalue weighted by Crippen LogP contribution is -2.30. The molecule has 146 valence electrons. The van der Waals surface area contributed by atoms with Crippen LogP contribution < -0.4 is 0 Å². The van der Waals surface area contributed by atoms with Crippen LogP contribution in [0.3, 0.4) is 0 Å². The summed E-state index contributed by atoms with van der Waals surface area (Å²) in [5, 5.41) is 0.649. The number of oxazole rings is 1. The first-order valence-electron chi connectivity index (χ1n) is 8.88. The van der Waals surface area contributed by atoms with Crippen LogP contribution in [0.1, 0.15) is 24.8 Å². The summed E-state index contributed by atoms with van der Waals surface area (Å²) in [7, 11) is 0. The molecule has 4 nitrogen and oxygen atoms in total. The number of nitrogens with zero attached hydrogens (tertiary/aromatic N) is 2. The molecule has 7 heteroatoms. The highest BCUT2D eigenvalue weighted by Gasteiger charge is 2.16. The Morgan fingerprint density at radius 2 is 2.00 bits per heavy atom. The van der Waals surface area contributed by atoms with Crippen molar-refractivity contribution in [2.24, 2.45) is 0 Å². The molecule has 0 saturated heterocycles. The third kappa shape index (κ3) is 5.20. The molecule has 28 heavy (non-hydrogen) atoms. The molecular weight excluding hydrogens is 447 g/mol. The van der Waals surface area contributed by atoms with E-state index in [0.29, 0.717) is 35.2 Å². The Hall–Kier alpha value is -2.18. The van der Waals surface area contributed by atoms with Crippen molar-refractivity contribution in [3.8, 4) is 11.3 Å². The summed E-state index contributed by atoms with van der Waals surface area (Å²) < 4.78 is 20.5. The van der Waals surface area contributed by atoms with Crippen molar-refractivity contribution in [2.75, 3.05) is 6.54 Å². The Balaban J connectivity index is 1.61. The lowest BCUT2D eigenvalue weighted by atomic mass is 10.2. The zero-order valence-corrected chi connectivity index (χ0v) is 17.6. The molecular formula is C21H19BrClFN2O2. The maximum absolute atomic E-state index is 14.0. The van der Waals surface area contributed by atoms with Gasteiger partial charge in [-0.25, -0.2) is 9.37 Å². The summed E-state index contributed by atoms with van der Waals surface area (Å²) in [5.41, 5.74) is 1.35. The number of benzene rings is 2. The van der Waals surface area contributed by atoms with E-state index in [1.807, 2.05) is 19.1 Å². The molecule has 0 bridgehead atoms. The van der Waals surface area contributed by atoms with Gasteiger partial charge in [-0.15, -0.1) is 0 Å². The fourth-order valence-electron chi connectivity index (χ4n) is 2.79. The molecule has 3 aromatic rings. The fraction of sp³-hybridized carbons (Fsp3) is 0.238. The smallest absolute Gasteiger partial charge is 0.223 e. The van der Waals surface area contributed by atoms with Gasteiger partial charge in [0.1, 0.15) is 5.82 Å². The van der Waals surface area contributed by atoms with Crippen LogP contribution in [-0.4, -0.2) is 22.3 Å². The fourth-order valence-corrected chi connectivity index (χ4v) is 3.33. The predicted octanol–water partition coefficient (Wildman–Crippen LogP) is 5.88. The van der Waals surface area contributed by atoms with Crippen molar-refractivity contribution >= 4 is 33.4 Å². The van der Waals surface area contributed by atoms with Gasteiger partial charge >= 0.3 is 0 Å². The van der Waals surface area contributed by atoms with Gasteiger partial charge in [0.05, 0.1) is 6.20 Å². The Morgan fingerprint density at radius 1 is 1.25 bits per heavy atom. The Bertz CT molecular complexity index is 959. The second-order valence-corrected chi connectivity index (χ2v) is 7.62. The van der Waals surface area contributed by atoms with Gasteiger partial charge in [0, 0.05) is 46.6 Å². The quantitative estimate of drug-likeness (QED) is 0.438. The molecule has 0 N–H and O–H groups in total. The number of amides is 1. The van der Waals surface area contributed by atoms with Crippen LogP contribution >= 0.6 is 27.5 Å². The summed E-state index contributed by atoms with van der Waals surface area (Å²) in [6, 6.07) is 12.0. The van der Waals surface area contributed by atoms with Crippen molar-refractivity contribution < 1.29 is 13.6 Å². The third-order valence-corrected chi connectivity index (χ3v) is 5.08. The van der Waals surface area contributed by atoms with E-state index in [-0.39, 0.29) is 24.7 Å². The molecule has 0 fully saturated rings. The molecule has 1 heterocycles. The van der Waals surface area contributed by atoms with Gasteiger partial charge in [-0.1, -0.05) is 27.5 Å². The molecule has 0 aliphatic carbocycles. The van der Waals surface area contributed by atoms with E-state index in [9.17, 15) is 9.18 Å². The van der Waals surface area contributed by atoms with Gasteiger partial charge < -0.3 is 9.32 Å².